The van der Waals surface area contributed by atoms with E-state index in [0.717, 1.165) is 24.0 Å². The van der Waals surface area contributed by atoms with Crippen LogP contribution >= 0.6 is 11.6 Å². The SMILES string of the molecule is CCCCc1nc(Cl)c(C(=O)O)n1Cc1ccc(-c2ccccc2C(=O)O)cc1.[K+]. The molecule has 2 aromatic carbocycles. The molecule has 2 N–H and O–H groups in total. The summed E-state index contributed by atoms with van der Waals surface area (Å²) < 4.78 is 1.64. The molecule has 1 heterocycles. The van der Waals surface area contributed by atoms with E-state index in [1.165, 1.54) is 0 Å². The normalized spacial score (nSPS) is 10.5. The Morgan fingerprint density at radius 2 is 1.70 bits per heavy atom. The van der Waals surface area contributed by atoms with Crippen LogP contribution < -0.4 is 51.4 Å². The van der Waals surface area contributed by atoms with E-state index in [0.29, 0.717) is 24.4 Å². The van der Waals surface area contributed by atoms with Gasteiger partial charge in [0.1, 0.15) is 5.82 Å². The van der Waals surface area contributed by atoms with Crippen LogP contribution in [0.2, 0.25) is 5.15 Å². The Morgan fingerprint density at radius 3 is 2.30 bits per heavy atom. The fraction of sp³-hybridized carbons (Fsp3) is 0.227. The molecule has 0 saturated heterocycles. The number of aromatic nitrogens is 2. The predicted molar refractivity (Wildman–Crippen MR) is 111 cm³/mol. The Balaban J connectivity index is 0.00000320. The van der Waals surface area contributed by atoms with Gasteiger partial charge in [-0.25, -0.2) is 14.6 Å². The molecule has 0 aliphatic rings. The zero-order valence-electron chi connectivity index (χ0n) is 16.9. The number of carbonyl (C=O) groups is 2. The van der Waals surface area contributed by atoms with Gasteiger partial charge < -0.3 is 14.8 Å². The molecular weight excluding hydrogens is 431 g/mol. The molecular formula is C22H21ClKN2O4+. The molecule has 1 aromatic heterocycles. The van der Waals surface area contributed by atoms with Gasteiger partial charge in [-0.1, -0.05) is 67.4 Å². The van der Waals surface area contributed by atoms with Crippen molar-refractivity contribution in [2.75, 3.05) is 0 Å². The molecule has 0 amide bonds. The number of aryl methyl sites for hydroxylation is 1. The monoisotopic (exact) mass is 451 g/mol. The van der Waals surface area contributed by atoms with E-state index in [1.54, 1.807) is 28.8 Å². The molecule has 0 aliphatic heterocycles. The van der Waals surface area contributed by atoms with Crippen LogP contribution in [0, 0.1) is 0 Å². The number of hydrogen-bond acceptors (Lipinski definition) is 3. The number of rotatable bonds is 8. The summed E-state index contributed by atoms with van der Waals surface area (Å²) in [7, 11) is 0. The van der Waals surface area contributed by atoms with Gasteiger partial charge in [0.25, 0.3) is 0 Å². The smallest absolute Gasteiger partial charge is 0.478 e. The first-order chi connectivity index (χ1) is 13.9. The zero-order valence-corrected chi connectivity index (χ0v) is 20.8. The molecule has 8 heteroatoms. The first-order valence-corrected chi connectivity index (χ1v) is 9.70. The number of benzene rings is 2. The van der Waals surface area contributed by atoms with Gasteiger partial charge in [0.2, 0.25) is 0 Å². The molecule has 0 unspecified atom stereocenters. The molecule has 0 radical (unpaired) electrons. The third kappa shape index (κ3) is 5.60. The number of halogens is 1. The van der Waals surface area contributed by atoms with Crippen LogP contribution in [-0.4, -0.2) is 31.7 Å². The summed E-state index contributed by atoms with van der Waals surface area (Å²) in [5.74, 6) is -1.45. The summed E-state index contributed by atoms with van der Waals surface area (Å²) in [4.78, 5) is 27.4. The first-order valence-electron chi connectivity index (χ1n) is 9.32. The Morgan fingerprint density at radius 1 is 1.03 bits per heavy atom. The topological polar surface area (TPSA) is 92.4 Å². The third-order valence-electron chi connectivity index (χ3n) is 4.72. The van der Waals surface area contributed by atoms with Crippen LogP contribution in [0.3, 0.4) is 0 Å². The van der Waals surface area contributed by atoms with Crippen LogP contribution in [0.1, 0.15) is 52.0 Å². The second kappa shape index (κ2) is 11.2. The number of hydrogen-bond donors (Lipinski definition) is 2. The second-order valence-corrected chi connectivity index (χ2v) is 7.07. The molecule has 6 nitrogen and oxygen atoms in total. The van der Waals surface area contributed by atoms with Gasteiger partial charge in [0.15, 0.2) is 10.8 Å². The molecule has 30 heavy (non-hydrogen) atoms. The van der Waals surface area contributed by atoms with Crippen LogP contribution in [0.25, 0.3) is 11.1 Å². The van der Waals surface area contributed by atoms with Crippen molar-refractivity contribution in [3.63, 3.8) is 0 Å². The van der Waals surface area contributed by atoms with Gasteiger partial charge in [-0.15, -0.1) is 0 Å². The molecule has 0 fully saturated rings. The number of carboxylic acid groups (broad SMARTS) is 2. The molecule has 0 bridgehead atoms. The summed E-state index contributed by atoms with van der Waals surface area (Å²) in [5, 5.41) is 18.9. The second-order valence-electron chi connectivity index (χ2n) is 6.71. The van der Waals surface area contributed by atoms with E-state index in [9.17, 15) is 19.8 Å². The van der Waals surface area contributed by atoms with Crippen LogP contribution in [0.15, 0.2) is 48.5 Å². The van der Waals surface area contributed by atoms with E-state index < -0.39 is 11.9 Å². The Labute approximate surface area is 222 Å². The number of carboxylic acids is 2. The summed E-state index contributed by atoms with van der Waals surface area (Å²) in [6.45, 7) is 2.38. The maximum absolute atomic E-state index is 11.7. The van der Waals surface area contributed by atoms with Crippen molar-refractivity contribution < 1.29 is 71.2 Å². The fourth-order valence-corrected chi connectivity index (χ4v) is 3.54. The number of nitrogens with zero attached hydrogens (tertiary/aromatic N) is 2. The van der Waals surface area contributed by atoms with Crippen LogP contribution in [0.4, 0.5) is 0 Å². The minimum atomic E-state index is -1.11. The number of unbranched alkanes of at least 4 members (excludes halogenated alkanes) is 1. The summed E-state index contributed by atoms with van der Waals surface area (Å²) in [6.07, 6.45) is 2.50. The zero-order chi connectivity index (χ0) is 21.0. The minimum Gasteiger partial charge on any atom is -0.478 e. The Kier molecular flexibility index (Phi) is 9.27. The molecule has 0 aliphatic carbocycles. The largest absolute Gasteiger partial charge is 1.00 e. The fourth-order valence-electron chi connectivity index (χ4n) is 3.26. The van der Waals surface area contributed by atoms with Crippen molar-refractivity contribution in [2.45, 2.75) is 32.7 Å². The summed E-state index contributed by atoms with van der Waals surface area (Å²) in [6, 6.07) is 14.2. The van der Waals surface area contributed by atoms with Crippen molar-refractivity contribution >= 4 is 23.5 Å². The van der Waals surface area contributed by atoms with E-state index in [2.05, 4.69) is 11.9 Å². The molecule has 150 valence electrons. The van der Waals surface area contributed by atoms with Crippen LogP contribution in [-0.2, 0) is 13.0 Å². The van der Waals surface area contributed by atoms with E-state index in [-0.39, 0.29) is 67.8 Å². The predicted octanol–water partition coefficient (Wildman–Crippen LogP) is 1.99. The first kappa shape index (κ1) is 24.8. The van der Waals surface area contributed by atoms with E-state index >= 15 is 0 Å². The van der Waals surface area contributed by atoms with Gasteiger partial charge in [-0.05, 0) is 29.2 Å². The average molecular weight is 452 g/mol. The summed E-state index contributed by atoms with van der Waals surface area (Å²) >= 11 is 6.07. The maximum Gasteiger partial charge on any atom is 1.00 e. The Hall–Kier alpha value is -1.48. The average Bonchev–Trinajstić information content (AvgIpc) is 3.02. The van der Waals surface area contributed by atoms with Gasteiger partial charge in [-0.2, -0.15) is 0 Å². The van der Waals surface area contributed by atoms with Crippen molar-refractivity contribution in [2.24, 2.45) is 0 Å². The quantitative estimate of drug-likeness (QED) is 0.511. The van der Waals surface area contributed by atoms with Crippen LogP contribution in [0.5, 0.6) is 0 Å². The molecule has 0 spiro atoms. The molecule has 0 atom stereocenters. The van der Waals surface area contributed by atoms with Gasteiger partial charge in [0.05, 0.1) is 5.56 Å². The van der Waals surface area contributed by atoms with Gasteiger partial charge in [-0.3, -0.25) is 0 Å². The van der Waals surface area contributed by atoms with Crippen molar-refractivity contribution in [1.29, 1.82) is 0 Å². The summed E-state index contributed by atoms with van der Waals surface area (Å²) in [5.41, 5.74) is 2.50. The van der Waals surface area contributed by atoms with Crippen molar-refractivity contribution in [3.05, 3.63) is 76.3 Å². The van der Waals surface area contributed by atoms with E-state index in [1.807, 2.05) is 24.3 Å². The number of imidazole rings is 1. The molecule has 3 aromatic rings. The van der Waals surface area contributed by atoms with Crippen molar-refractivity contribution in [1.82, 2.24) is 9.55 Å². The van der Waals surface area contributed by atoms with Gasteiger partial charge in [0, 0.05) is 13.0 Å². The standard InChI is InChI=1S/C22H21ClN2O4.K/c1-2-3-8-18-24-20(23)19(22(28)29)25(18)13-14-9-11-15(12-10-14)16-6-4-5-7-17(16)21(26)27;/h4-7,9-12H,2-3,8,13H2,1H3,(H,26,27)(H,28,29);/q;+1. The third-order valence-corrected chi connectivity index (χ3v) is 4.99. The van der Waals surface area contributed by atoms with Crippen molar-refractivity contribution in [3.8, 4) is 11.1 Å². The van der Waals surface area contributed by atoms with Gasteiger partial charge >= 0.3 is 63.3 Å². The Bertz CT molecular complexity index is 1050. The molecule has 3 rings (SSSR count). The van der Waals surface area contributed by atoms with E-state index in [4.69, 9.17) is 11.6 Å². The molecule has 0 saturated carbocycles. The maximum atomic E-state index is 11.7. The minimum absolute atomic E-state index is 0. The number of aromatic carboxylic acids is 2.